The fourth-order valence-electron chi connectivity index (χ4n) is 2.43. The van der Waals surface area contributed by atoms with E-state index >= 15 is 0 Å². The zero-order valence-electron chi connectivity index (χ0n) is 11.2. The van der Waals surface area contributed by atoms with Crippen LogP contribution in [0.1, 0.15) is 21.5 Å². The van der Waals surface area contributed by atoms with Crippen molar-refractivity contribution in [2.45, 2.75) is 13.0 Å². The number of fused-ring (bicyclic) bond motifs is 1. The van der Waals surface area contributed by atoms with E-state index in [4.69, 9.17) is 11.6 Å². The Kier molecular flexibility index (Phi) is 4.29. The van der Waals surface area contributed by atoms with Gasteiger partial charge < -0.3 is 10.6 Å². The lowest BCUT2D eigenvalue weighted by Crippen LogP contribution is -2.23. The monoisotopic (exact) mass is 364 g/mol. The number of halogens is 2. The number of anilines is 1. The van der Waals surface area contributed by atoms with Crippen LogP contribution in [0.15, 0.2) is 40.9 Å². The lowest BCUT2D eigenvalue weighted by atomic mass is 10.0. The van der Waals surface area contributed by atoms with Crippen molar-refractivity contribution in [1.82, 2.24) is 5.32 Å². The number of rotatable bonds is 2. The summed E-state index contributed by atoms with van der Waals surface area (Å²) in [6.07, 6.45) is 1.03. The second kappa shape index (κ2) is 6.18. The Morgan fingerprint density at radius 1 is 1.19 bits per heavy atom. The lowest BCUT2D eigenvalue weighted by Gasteiger charge is -2.18. The maximum absolute atomic E-state index is 12.3. The van der Waals surface area contributed by atoms with Crippen molar-refractivity contribution in [2.24, 2.45) is 0 Å². The number of carbonyl (C=O) groups excluding carboxylic acids is 1. The molecular formula is C16H14BrClN2O. The van der Waals surface area contributed by atoms with Crippen LogP contribution in [0.3, 0.4) is 0 Å². The molecule has 0 aromatic heterocycles. The molecule has 1 heterocycles. The van der Waals surface area contributed by atoms with E-state index in [1.807, 2.05) is 12.1 Å². The quantitative estimate of drug-likeness (QED) is 0.844. The topological polar surface area (TPSA) is 41.1 Å². The molecule has 1 amide bonds. The van der Waals surface area contributed by atoms with Gasteiger partial charge in [0.15, 0.2) is 0 Å². The summed E-state index contributed by atoms with van der Waals surface area (Å²) in [7, 11) is 0. The van der Waals surface area contributed by atoms with Crippen LogP contribution in [0, 0.1) is 0 Å². The molecular weight excluding hydrogens is 352 g/mol. The molecule has 0 spiro atoms. The Labute approximate surface area is 136 Å². The van der Waals surface area contributed by atoms with Gasteiger partial charge in [-0.05, 0) is 70.4 Å². The number of hydrogen-bond donors (Lipinski definition) is 2. The van der Waals surface area contributed by atoms with Gasteiger partial charge in [0.2, 0.25) is 0 Å². The molecule has 5 heteroatoms. The summed E-state index contributed by atoms with van der Waals surface area (Å²) in [5, 5.41) is 6.79. The summed E-state index contributed by atoms with van der Waals surface area (Å²) in [5.41, 5.74) is 3.91. The van der Waals surface area contributed by atoms with Crippen LogP contribution in [-0.4, -0.2) is 12.5 Å². The van der Waals surface area contributed by atoms with Crippen LogP contribution in [0.5, 0.6) is 0 Å². The van der Waals surface area contributed by atoms with Crippen molar-refractivity contribution in [3.8, 4) is 0 Å². The SMILES string of the molecule is O=C(Nc1ccc2c(c1)CNCC2)c1cc(Cl)ccc1Br. The largest absolute Gasteiger partial charge is 0.322 e. The number of amides is 1. The van der Waals surface area contributed by atoms with E-state index in [0.717, 1.165) is 29.7 Å². The Hall–Kier alpha value is -1.36. The van der Waals surface area contributed by atoms with Crippen LogP contribution in [0.2, 0.25) is 5.02 Å². The van der Waals surface area contributed by atoms with Crippen LogP contribution in [-0.2, 0) is 13.0 Å². The molecule has 0 saturated carbocycles. The van der Waals surface area contributed by atoms with E-state index in [-0.39, 0.29) is 5.91 Å². The zero-order chi connectivity index (χ0) is 14.8. The van der Waals surface area contributed by atoms with Gasteiger partial charge in [0.05, 0.1) is 5.56 Å². The molecule has 108 valence electrons. The highest BCUT2D eigenvalue weighted by Gasteiger charge is 2.13. The van der Waals surface area contributed by atoms with Gasteiger partial charge in [0.1, 0.15) is 0 Å². The molecule has 0 fully saturated rings. The molecule has 21 heavy (non-hydrogen) atoms. The second-order valence-electron chi connectivity index (χ2n) is 4.99. The molecule has 1 aliphatic rings. The van der Waals surface area contributed by atoms with E-state index in [9.17, 15) is 4.79 Å². The van der Waals surface area contributed by atoms with E-state index in [1.165, 1.54) is 11.1 Å². The van der Waals surface area contributed by atoms with Crippen LogP contribution in [0.4, 0.5) is 5.69 Å². The van der Waals surface area contributed by atoms with Crippen molar-refractivity contribution < 1.29 is 4.79 Å². The summed E-state index contributed by atoms with van der Waals surface area (Å²) in [6.45, 7) is 1.86. The first-order chi connectivity index (χ1) is 10.1. The van der Waals surface area contributed by atoms with Gasteiger partial charge in [-0.25, -0.2) is 0 Å². The fraction of sp³-hybridized carbons (Fsp3) is 0.188. The molecule has 3 nitrogen and oxygen atoms in total. The average molecular weight is 366 g/mol. The smallest absolute Gasteiger partial charge is 0.256 e. The van der Waals surface area contributed by atoms with Crippen molar-refractivity contribution in [3.63, 3.8) is 0 Å². The molecule has 2 aromatic carbocycles. The van der Waals surface area contributed by atoms with E-state index < -0.39 is 0 Å². The Morgan fingerprint density at radius 2 is 2.05 bits per heavy atom. The number of benzene rings is 2. The highest BCUT2D eigenvalue weighted by Crippen LogP contribution is 2.24. The van der Waals surface area contributed by atoms with Gasteiger partial charge in [0.25, 0.3) is 5.91 Å². The van der Waals surface area contributed by atoms with Crippen molar-refractivity contribution in [3.05, 3.63) is 62.6 Å². The van der Waals surface area contributed by atoms with Gasteiger partial charge in [-0.3, -0.25) is 4.79 Å². The minimum atomic E-state index is -0.173. The molecule has 0 saturated heterocycles. The van der Waals surface area contributed by atoms with Gasteiger partial charge in [-0.15, -0.1) is 0 Å². The fourth-order valence-corrected chi connectivity index (χ4v) is 3.03. The van der Waals surface area contributed by atoms with Crippen molar-refractivity contribution >= 4 is 39.1 Å². The number of nitrogens with one attached hydrogen (secondary N) is 2. The van der Waals surface area contributed by atoms with Crippen molar-refractivity contribution in [1.29, 1.82) is 0 Å². The minimum Gasteiger partial charge on any atom is -0.322 e. The molecule has 0 bridgehead atoms. The van der Waals surface area contributed by atoms with E-state index in [1.54, 1.807) is 18.2 Å². The van der Waals surface area contributed by atoms with Gasteiger partial charge in [0, 0.05) is 21.7 Å². The Morgan fingerprint density at radius 3 is 2.90 bits per heavy atom. The van der Waals surface area contributed by atoms with Crippen LogP contribution >= 0.6 is 27.5 Å². The molecule has 2 N–H and O–H groups in total. The van der Waals surface area contributed by atoms with Gasteiger partial charge in [-0.1, -0.05) is 17.7 Å². The normalized spacial score (nSPS) is 13.6. The molecule has 2 aromatic rings. The average Bonchev–Trinajstić information content (AvgIpc) is 2.49. The Balaban J connectivity index is 1.83. The third kappa shape index (κ3) is 3.28. The summed E-state index contributed by atoms with van der Waals surface area (Å²) in [5.74, 6) is -0.173. The van der Waals surface area contributed by atoms with E-state index in [0.29, 0.717) is 10.6 Å². The van der Waals surface area contributed by atoms with Crippen molar-refractivity contribution in [2.75, 3.05) is 11.9 Å². The molecule has 0 unspecified atom stereocenters. The zero-order valence-corrected chi connectivity index (χ0v) is 13.6. The predicted molar refractivity (Wildman–Crippen MR) is 89.0 cm³/mol. The molecule has 0 atom stereocenters. The third-order valence-corrected chi connectivity index (χ3v) is 4.45. The highest BCUT2D eigenvalue weighted by atomic mass is 79.9. The highest BCUT2D eigenvalue weighted by molar-refractivity contribution is 9.10. The molecule has 3 rings (SSSR count). The first-order valence-electron chi connectivity index (χ1n) is 6.72. The maximum Gasteiger partial charge on any atom is 0.256 e. The standard InChI is InChI=1S/C16H14BrClN2O/c17-15-4-2-12(18)8-14(15)16(21)20-13-3-1-10-5-6-19-9-11(10)7-13/h1-4,7-8,19H,5-6,9H2,(H,20,21). The second-order valence-corrected chi connectivity index (χ2v) is 6.28. The molecule has 0 aliphatic carbocycles. The first kappa shape index (κ1) is 14.6. The summed E-state index contributed by atoms with van der Waals surface area (Å²) < 4.78 is 0.726. The summed E-state index contributed by atoms with van der Waals surface area (Å²) in [6, 6.07) is 11.2. The number of carbonyl (C=O) groups is 1. The maximum atomic E-state index is 12.3. The Bertz CT molecular complexity index is 703. The lowest BCUT2D eigenvalue weighted by molar-refractivity contribution is 0.102. The van der Waals surface area contributed by atoms with Gasteiger partial charge >= 0.3 is 0 Å². The van der Waals surface area contributed by atoms with Crippen LogP contribution < -0.4 is 10.6 Å². The number of hydrogen-bond acceptors (Lipinski definition) is 2. The predicted octanol–water partition coefficient (Wildman–Crippen LogP) is 4.00. The molecule has 1 aliphatic heterocycles. The third-order valence-electron chi connectivity index (χ3n) is 3.52. The van der Waals surface area contributed by atoms with E-state index in [2.05, 4.69) is 32.6 Å². The summed E-state index contributed by atoms with van der Waals surface area (Å²) in [4.78, 5) is 12.3. The van der Waals surface area contributed by atoms with Gasteiger partial charge in [-0.2, -0.15) is 0 Å². The van der Waals surface area contributed by atoms with Crippen LogP contribution in [0.25, 0.3) is 0 Å². The molecule has 0 radical (unpaired) electrons. The first-order valence-corrected chi connectivity index (χ1v) is 7.89. The minimum absolute atomic E-state index is 0.173. The summed E-state index contributed by atoms with van der Waals surface area (Å²) >= 11 is 9.32.